The second kappa shape index (κ2) is 4.11. The fraction of sp³-hybridized carbons (Fsp3) is 0.500. The molecule has 82 valence electrons. The van der Waals surface area contributed by atoms with Crippen molar-refractivity contribution in [3.05, 3.63) is 34.6 Å². The normalized spacial score (nSPS) is 30.8. The van der Waals surface area contributed by atoms with Gasteiger partial charge in [0.05, 0.1) is 0 Å². The van der Waals surface area contributed by atoms with E-state index in [0.717, 1.165) is 18.4 Å². The molecule has 1 aromatic carbocycles. The Morgan fingerprint density at radius 3 is 2.67 bits per heavy atom. The molecule has 1 aliphatic rings. The molecule has 2 N–H and O–H groups in total. The first-order valence-corrected chi connectivity index (χ1v) is 5.68. The van der Waals surface area contributed by atoms with Gasteiger partial charge in [0.1, 0.15) is 5.82 Å². The van der Waals surface area contributed by atoms with Gasteiger partial charge in [0, 0.05) is 11.1 Å². The summed E-state index contributed by atoms with van der Waals surface area (Å²) in [6, 6.07) is 5.12. The van der Waals surface area contributed by atoms with Gasteiger partial charge in [0.25, 0.3) is 0 Å². The molecule has 15 heavy (non-hydrogen) atoms. The van der Waals surface area contributed by atoms with Crippen LogP contribution in [0.15, 0.2) is 18.2 Å². The van der Waals surface area contributed by atoms with Crippen molar-refractivity contribution in [2.24, 2.45) is 11.7 Å². The number of rotatable bonds is 1. The van der Waals surface area contributed by atoms with E-state index in [9.17, 15) is 4.39 Å². The summed E-state index contributed by atoms with van der Waals surface area (Å²) in [5.74, 6) is 0.395. The molecule has 1 aliphatic carbocycles. The molecule has 1 saturated carbocycles. The average molecular weight is 228 g/mol. The van der Waals surface area contributed by atoms with Gasteiger partial charge >= 0.3 is 0 Å². The van der Waals surface area contributed by atoms with Crippen LogP contribution in [0.25, 0.3) is 0 Å². The summed E-state index contributed by atoms with van der Waals surface area (Å²) in [5.41, 5.74) is 6.70. The smallest absolute Gasteiger partial charge is 0.128 e. The molecule has 3 atom stereocenters. The quantitative estimate of drug-likeness (QED) is 0.783. The highest BCUT2D eigenvalue weighted by Crippen LogP contribution is 2.39. The van der Waals surface area contributed by atoms with Crippen LogP contribution in [0.2, 0.25) is 5.02 Å². The second-order valence-corrected chi connectivity index (χ2v) is 4.81. The van der Waals surface area contributed by atoms with Crippen LogP contribution < -0.4 is 5.73 Å². The van der Waals surface area contributed by atoms with Crippen molar-refractivity contribution in [3.63, 3.8) is 0 Å². The van der Waals surface area contributed by atoms with Crippen molar-refractivity contribution in [1.29, 1.82) is 0 Å². The molecule has 0 aromatic heterocycles. The number of benzene rings is 1. The van der Waals surface area contributed by atoms with Gasteiger partial charge in [-0.05, 0) is 42.4 Å². The average Bonchev–Trinajstić information content (AvgIpc) is 2.49. The molecule has 3 unspecified atom stereocenters. The maximum Gasteiger partial charge on any atom is 0.128 e. The van der Waals surface area contributed by atoms with E-state index in [-0.39, 0.29) is 17.8 Å². The van der Waals surface area contributed by atoms with Gasteiger partial charge in [0.15, 0.2) is 0 Å². The lowest BCUT2D eigenvalue weighted by Gasteiger charge is -2.19. The van der Waals surface area contributed by atoms with E-state index >= 15 is 0 Å². The van der Waals surface area contributed by atoms with Crippen molar-refractivity contribution < 1.29 is 4.39 Å². The highest BCUT2D eigenvalue weighted by Gasteiger charge is 2.32. The topological polar surface area (TPSA) is 26.0 Å². The van der Waals surface area contributed by atoms with Gasteiger partial charge in [-0.1, -0.05) is 24.6 Å². The molecule has 0 aliphatic heterocycles. The summed E-state index contributed by atoms with van der Waals surface area (Å²) in [6.45, 7) is 2.09. The Morgan fingerprint density at radius 1 is 1.40 bits per heavy atom. The third kappa shape index (κ3) is 2.01. The zero-order chi connectivity index (χ0) is 11.0. The molecule has 1 aromatic rings. The molecule has 0 amide bonds. The van der Waals surface area contributed by atoms with Crippen LogP contribution in [0, 0.1) is 11.7 Å². The van der Waals surface area contributed by atoms with E-state index in [0.29, 0.717) is 10.9 Å². The van der Waals surface area contributed by atoms with Crippen LogP contribution in [-0.4, -0.2) is 6.04 Å². The summed E-state index contributed by atoms with van der Waals surface area (Å²) in [4.78, 5) is 0. The first kappa shape index (κ1) is 10.9. The maximum absolute atomic E-state index is 13.7. The third-order valence-corrected chi connectivity index (χ3v) is 3.72. The standard InChI is InChI=1S/C12H15ClFN/c1-7-9(4-5-12(7)15)10-3-2-8(13)6-11(10)14/h2-3,6-7,9,12H,4-5,15H2,1H3. The van der Waals surface area contributed by atoms with E-state index in [4.69, 9.17) is 17.3 Å². The predicted octanol–water partition coefficient (Wildman–Crippen LogP) is 3.32. The van der Waals surface area contributed by atoms with Gasteiger partial charge < -0.3 is 5.73 Å². The van der Waals surface area contributed by atoms with Gasteiger partial charge in [-0.15, -0.1) is 0 Å². The molecular formula is C12H15ClFN. The van der Waals surface area contributed by atoms with Gasteiger partial charge in [-0.2, -0.15) is 0 Å². The Balaban J connectivity index is 2.30. The van der Waals surface area contributed by atoms with Crippen LogP contribution in [-0.2, 0) is 0 Å². The molecular weight excluding hydrogens is 213 g/mol. The lowest BCUT2D eigenvalue weighted by Crippen LogP contribution is -2.24. The van der Waals surface area contributed by atoms with E-state index in [1.54, 1.807) is 12.1 Å². The number of halogens is 2. The molecule has 0 bridgehead atoms. The molecule has 0 saturated heterocycles. The Hall–Kier alpha value is -0.600. The van der Waals surface area contributed by atoms with Gasteiger partial charge in [-0.3, -0.25) is 0 Å². The van der Waals surface area contributed by atoms with Crippen molar-refractivity contribution in [2.45, 2.75) is 31.7 Å². The lowest BCUT2D eigenvalue weighted by atomic mass is 9.89. The minimum atomic E-state index is -0.201. The fourth-order valence-corrected chi connectivity index (χ4v) is 2.60. The number of nitrogens with two attached hydrogens (primary N) is 1. The monoisotopic (exact) mass is 227 g/mol. The van der Waals surface area contributed by atoms with Crippen LogP contribution in [0.3, 0.4) is 0 Å². The summed E-state index contributed by atoms with van der Waals surface area (Å²) in [5, 5.41) is 0.450. The van der Waals surface area contributed by atoms with Crippen molar-refractivity contribution in [1.82, 2.24) is 0 Å². The summed E-state index contributed by atoms with van der Waals surface area (Å²) < 4.78 is 13.7. The molecule has 0 spiro atoms. The molecule has 2 rings (SSSR count). The Bertz CT molecular complexity index is 367. The Labute approximate surface area is 94.4 Å². The molecule has 1 fully saturated rings. The molecule has 0 heterocycles. The maximum atomic E-state index is 13.7. The van der Waals surface area contributed by atoms with Crippen LogP contribution in [0.4, 0.5) is 4.39 Å². The Kier molecular flexibility index (Phi) is 2.98. The molecule has 1 nitrogen and oxygen atoms in total. The third-order valence-electron chi connectivity index (χ3n) is 3.48. The van der Waals surface area contributed by atoms with Crippen LogP contribution in [0.5, 0.6) is 0 Å². The first-order chi connectivity index (χ1) is 7.09. The van der Waals surface area contributed by atoms with E-state index in [2.05, 4.69) is 6.92 Å². The summed E-state index contributed by atoms with van der Waals surface area (Å²) in [7, 11) is 0. The van der Waals surface area contributed by atoms with Crippen molar-refractivity contribution >= 4 is 11.6 Å². The number of hydrogen-bond donors (Lipinski definition) is 1. The van der Waals surface area contributed by atoms with E-state index in [1.165, 1.54) is 6.07 Å². The minimum absolute atomic E-state index is 0.199. The minimum Gasteiger partial charge on any atom is -0.327 e. The number of hydrogen-bond acceptors (Lipinski definition) is 1. The fourth-order valence-electron chi connectivity index (χ4n) is 2.44. The van der Waals surface area contributed by atoms with E-state index in [1.807, 2.05) is 0 Å². The summed E-state index contributed by atoms with van der Waals surface area (Å²) >= 11 is 5.72. The van der Waals surface area contributed by atoms with Gasteiger partial charge in [-0.25, -0.2) is 4.39 Å². The predicted molar refractivity (Wildman–Crippen MR) is 60.5 cm³/mol. The molecule has 3 heteroatoms. The van der Waals surface area contributed by atoms with Crippen molar-refractivity contribution in [2.75, 3.05) is 0 Å². The summed E-state index contributed by atoms with van der Waals surface area (Å²) in [6.07, 6.45) is 1.95. The highest BCUT2D eigenvalue weighted by atomic mass is 35.5. The zero-order valence-corrected chi connectivity index (χ0v) is 9.47. The highest BCUT2D eigenvalue weighted by molar-refractivity contribution is 6.30. The SMILES string of the molecule is CC1C(N)CCC1c1ccc(Cl)cc1F. The second-order valence-electron chi connectivity index (χ2n) is 4.37. The molecule has 0 radical (unpaired) electrons. The first-order valence-electron chi connectivity index (χ1n) is 5.30. The Morgan fingerprint density at radius 2 is 2.13 bits per heavy atom. The van der Waals surface area contributed by atoms with Crippen LogP contribution >= 0.6 is 11.6 Å². The zero-order valence-electron chi connectivity index (χ0n) is 8.71. The largest absolute Gasteiger partial charge is 0.327 e. The lowest BCUT2D eigenvalue weighted by molar-refractivity contribution is 0.463. The van der Waals surface area contributed by atoms with Crippen molar-refractivity contribution in [3.8, 4) is 0 Å². The van der Waals surface area contributed by atoms with E-state index < -0.39 is 0 Å². The van der Waals surface area contributed by atoms with Crippen LogP contribution in [0.1, 0.15) is 31.2 Å². The van der Waals surface area contributed by atoms with Gasteiger partial charge in [0.2, 0.25) is 0 Å².